The molecule has 0 bridgehead atoms. The van der Waals surface area contributed by atoms with E-state index < -0.39 is 0 Å². The average Bonchev–Trinajstić information content (AvgIpc) is 2.72. The van der Waals surface area contributed by atoms with Crippen LogP contribution in [0, 0.1) is 11.8 Å². The Hall–Kier alpha value is -2.69. The van der Waals surface area contributed by atoms with Gasteiger partial charge in [0, 0.05) is 12.6 Å². The monoisotopic (exact) mass is 383 g/mol. The highest BCUT2D eigenvalue weighted by Gasteiger charge is 2.26. The van der Waals surface area contributed by atoms with Crippen molar-refractivity contribution in [2.45, 2.75) is 26.7 Å². The first-order chi connectivity index (χ1) is 13.5. The molecule has 5 nitrogen and oxygen atoms in total. The van der Waals surface area contributed by atoms with Gasteiger partial charge in [-0.2, -0.15) is 0 Å². The summed E-state index contributed by atoms with van der Waals surface area (Å²) in [7, 11) is 1.63. The van der Waals surface area contributed by atoms with Crippen molar-refractivity contribution in [3.8, 4) is 17.2 Å². The van der Waals surface area contributed by atoms with E-state index in [0.717, 1.165) is 35.8 Å². The Balaban J connectivity index is 1.44. The third-order valence-corrected chi connectivity index (χ3v) is 4.77. The molecule has 5 heteroatoms. The van der Waals surface area contributed by atoms with E-state index in [4.69, 9.17) is 14.2 Å². The maximum absolute atomic E-state index is 12.5. The van der Waals surface area contributed by atoms with Crippen molar-refractivity contribution in [3.05, 3.63) is 53.6 Å². The van der Waals surface area contributed by atoms with Crippen LogP contribution in [0.25, 0.3) is 0 Å². The lowest BCUT2D eigenvalue weighted by molar-refractivity contribution is -0.126. The Kier molecular flexibility index (Phi) is 6.80. The lowest BCUT2D eigenvalue weighted by Crippen LogP contribution is -2.38. The van der Waals surface area contributed by atoms with Crippen LogP contribution in [0.4, 0.5) is 0 Å². The molecule has 0 aliphatic carbocycles. The molecule has 1 N–H and O–H groups in total. The summed E-state index contributed by atoms with van der Waals surface area (Å²) in [4.78, 5) is 12.5. The standard InChI is InChI=1S/C23H29NO4/c1-16(2)14-27-20-7-4-17(5-8-20)10-11-24-23(25)19-12-18-6-9-21(26-3)13-22(18)28-15-19/h4-9,13,16,19H,10-12,14-15H2,1-3H3,(H,24,25). The third kappa shape index (κ3) is 5.41. The van der Waals surface area contributed by atoms with E-state index in [9.17, 15) is 4.79 Å². The quantitative estimate of drug-likeness (QED) is 0.756. The van der Waals surface area contributed by atoms with Crippen LogP contribution in [0.3, 0.4) is 0 Å². The number of carbonyl (C=O) groups excluding carboxylic acids is 1. The number of carbonyl (C=O) groups is 1. The van der Waals surface area contributed by atoms with Gasteiger partial charge in [0.15, 0.2) is 0 Å². The van der Waals surface area contributed by atoms with Crippen molar-refractivity contribution in [2.24, 2.45) is 11.8 Å². The van der Waals surface area contributed by atoms with Crippen molar-refractivity contribution in [2.75, 3.05) is 26.9 Å². The van der Waals surface area contributed by atoms with Crippen molar-refractivity contribution in [1.29, 1.82) is 0 Å². The first-order valence-corrected chi connectivity index (χ1v) is 9.84. The minimum atomic E-state index is -0.160. The molecule has 2 aromatic carbocycles. The second kappa shape index (κ2) is 9.49. The summed E-state index contributed by atoms with van der Waals surface area (Å²) in [5.41, 5.74) is 2.22. The van der Waals surface area contributed by atoms with Crippen LogP contribution < -0.4 is 19.5 Å². The van der Waals surface area contributed by atoms with Gasteiger partial charge in [-0.25, -0.2) is 0 Å². The highest BCUT2D eigenvalue weighted by Crippen LogP contribution is 2.31. The van der Waals surface area contributed by atoms with Gasteiger partial charge in [-0.15, -0.1) is 0 Å². The average molecular weight is 383 g/mol. The number of amides is 1. The zero-order chi connectivity index (χ0) is 19.9. The third-order valence-electron chi connectivity index (χ3n) is 4.77. The Morgan fingerprint density at radius 2 is 1.93 bits per heavy atom. The predicted octanol–water partition coefficient (Wildman–Crippen LogP) is 3.64. The maximum Gasteiger partial charge on any atom is 0.226 e. The molecule has 1 aliphatic heterocycles. The zero-order valence-electron chi connectivity index (χ0n) is 16.9. The molecule has 2 aromatic rings. The zero-order valence-corrected chi connectivity index (χ0v) is 16.9. The number of fused-ring (bicyclic) bond motifs is 1. The van der Waals surface area contributed by atoms with Crippen LogP contribution in [-0.2, 0) is 17.6 Å². The molecule has 28 heavy (non-hydrogen) atoms. The van der Waals surface area contributed by atoms with Gasteiger partial charge in [0.2, 0.25) is 5.91 Å². The minimum Gasteiger partial charge on any atom is -0.497 e. The molecule has 1 aliphatic rings. The summed E-state index contributed by atoms with van der Waals surface area (Å²) in [5, 5.41) is 3.03. The van der Waals surface area contributed by atoms with Crippen LogP contribution in [-0.4, -0.2) is 32.8 Å². The van der Waals surface area contributed by atoms with Crippen LogP contribution in [0.5, 0.6) is 17.2 Å². The predicted molar refractivity (Wildman–Crippen MR) is 109 cm³/mol. The highest BCUT2D eigenvalue weighted by atomic mass is 16.5. The fourth-order valence-electron chi connectivity index (χ4n) is 3.14. The Labute approximate surface area is 167 Å². The van der Waals surface area contributed by atoms with E-state index in [2.05, 4.69) is 31.3 Å². The number of hydrogen-bond acceptors (Lipinski definition) is 4. The lowest BCUT2D eigenvalue weighted by atomic mass is 9.96. The fraction of sp³-hybridized carbons (Fsp3) is 0.435. The molecule has 0 radical (unpaired) electrons. The van der Waals surface area contributed by atoms with Crippen molar-refractivity contribution < 1.29 is 19.0 Å². The molecule has 0 aromatic heterocycles. The molecule has 0 spiro atoms. The van der Waals surface area contributed by atoms with Gasteiger partial charge in [-0.3, -0.25) is 4.79 Å². The van der Waals surface area contributed by atoms with Gasteiger partial charge < -0.3 is 19.5 Å². The summed E-state index contributed by atoms with van der Waals surface area (Å²) in [6.45, 7) is 5.98. The molecule has 3 rings (SSSR count). The molecule has 0 fully saturated rings. The smallest absolute Gasteiger partial charge is 0.226 e. The van der Waals surface area contributed by atoms with Crippen molar-refractivity contribution in [1.82, 2.24) is 5.32 Å². The molecule has 1 amide bonds. The number of nitrogens with one attached hydrogen (secondary N) is 1. The van der Waals surface area contributed by atoms with Gasteiger partial charge in [0.05, 0.1) is 19.6 Å². The number of benzene rings is 2. The maximum atomic E-state index is 12.5. The van der Waals surface area contributed by atoms with E-state index >= 15 is 0 Å². The number of hydrogen-bond donors (Lipinski definition) is 1. The second-order valence-corrected chi connectivity index (χ2v) is 7.58. The van der Waals surface area contributed by atoms with Crippen molar-refractivity contribution in [3.63, 3.8) is 0 Å². The summed E-state index contributed by atoms with van der Waals surface area (Å²) in [6, 6.07) is 13.8. The van der Waals surface area contributed by atoms with Crippen molar-refractivity contribution >= 4 is 5.91 Å². The number of ether oxygens (including phenoxy) is 3. The van der Waals surface area contributed by atoms with Crippen LogP contribution in [0.2, 0.25) is 0 Å². The normalized spacial score (nSPS) is 15.5. The lowest BCUT2D eigenvalue weighted by Gasteiger charge is -2.25. The Morgan fingerprint density at radius 1 is 1.18 bits per heavy atom. The molecular weight excluding hydrogens is 354 g/mol. The van der Waals surface area contributed by atoms with Gasteiger partial charge >= 0.3 is 0 Å². The Morgan fingerprint density at radius 3 is 2.64 bits per heavy atom. The van der Waals surface area contributed by atoms with Crippen LogP contribution in [0.1, 0.15) is 25.0 Å². The van der Waals surface area contributed by atoms with E-state index in [1.165, 1.54) is 5.56 Å². The second-order valence-electron chi connectivity index (χ2n) is 7.58. The summed E-state index contributed by atoms with van der Waals surface area (Å²) in [6.07, 6.45) is 1.48. The summed E-state index contributed by atoms with van der Waals surface area (Å²) >= 11 is 0. The number of rotatable bonds is 8. The number of methoxy groups -OCH3 is 1. The molecular formula is C23H29NO4. The van der Waals surface area contributed by atoms with Gasteiger partial charge in [-0.1, -0.05) is 32.0 Å². The van der Waals surface area contributed by atoms with E-state index in [0.29, 0.717) is 25.5 Å². The fourth-order valence-corrected chi connectivity index (χ4v) is 3.14. The van der Waals surface area contributed by atoms with Gasteiger partial charge in [0.25, 0.3) is 0 Å². The topological polar surface area (TPSA) is 56.8 Å². The van der Waals surface area contributed by atoms with Gasteiger partial charge in [0.1, 0.15) is 23.9 Å². The first kappa shape index (κ1) is 20.1. The van der Waals surface area contributed by atoms with E-state index in [1.54, 1.807) is 7.11 Å². The molecule has 0 saturated carbocycles. The van der Waals surface area contributed by atoms with E-state index in [1.807, 2.05) is 30.3 Å². The molecule has 1 unspecified atom stereocenters. The van der Waals surface area contributed by atoms with Crippen LogP contribution in [0.15, 0.2) is 42.5 Å². The summed E-state index contributed by atoms with van der Waals surface area (Å²) in [5.74, 6) is 2.85. The highest BCUT2D eigenvalue weighted by molar-refractivity contribution is 5.79. The minimum absolute atomic E-state index is 0.0401. The first-order valence-electron chi connectivity index (χ1n) is 9.84. The van der Waals surface area contributed by atoms with Crippen LogP contribution >= 0.6 is 0 Å². The molecule has 1 heterocycles. The van der Waals surface area contributed by atoms with E-state index in [-0.39, 0.29) is 11.8 Å². The Bertz CT molecular complexity index is 786. The molecule has 1 atom stereocenters. The summed E-state index contributed by atoms with van der Waals surface area (Å²) < 4.78 is 16.7. The molecule has 0 saturated heterocycles. The largest absolute Gasteiger partial charge is 0.497 e. The molecule has 150 valence electrons. The SMILES string of the molecule is COc1ccc2c(c1)OCC(C(=O)NCCc1ccc(OCC(C)C)cc1)C2. The van der Waals surface area contributed by atoms with Gasteiger partial charge in [-0.05, 0) is 48.1 Å².